The second-order valence-electron chi connectivity index (χ2n) is 5.98. The average Bonchev–Trinajstić information content (AvgIpc) is 3.13. The minimum Gasteiger partial charge on any atom is -0.347 e. The number of hydrogen-bond acceptors (Lipinski definition) is 3. The first-order valence-corrected chi connectivity index (χ1v) is 7.42. The number of rotatable bonds is 2. The van der Waals surface area contributed by atoms with Gasteiger partial charge < -0.3 is 15.1 Å². The highest BCUT2D eigenvalue weighted by Crippen LogP contribution is 2.23. The average molecular weight is 287 g/mol. The Bertz CT molecular complexity index is 583. The quantitative estimate of drug-likeness (QED) is 0.882. The van der Waals surface area contributed by atoms with Crippen LogP contribution < -0.4 is 5.32 Å². The number of nitrogens with one attached hydrogen (secondary N) is 1. The van der Waals surface area contributed by atoms with E-state index in [0.717, 1.165) is 25.9 Å². The van der Waals surface area contributed by atoms with Crippen molar-refractivity contribution in [2.24, 2.45) is 0 Å². The summed E-state index contributed by atoms with van der Waals surface area (Å²) in [5.41, 5.74) is 3.14. The molecule has 0 aromatic heterocycles. The molecule has 0 bridgehead atoms. The molecule has 3 rings (SSSR count). The largest absolute Gasteiger partial charge is 0.347 e. The molecule has 1 atom stereocenters. The highest BCUT2D eigenvalue weighted by atomic mass is 16.2. The van der Waals surface area contributed by atoms with Gasteiger partial charge in [-0.2, -0.15) is 0 Å². The van der Waals surface area contributed by atoms with Crippen molar-refractivity contribution in [2.45, 2.75) is 32.0 Å². The maximum atomic E-state index is 12.7. The summed E-state index contributed by atoms with van der Waals surface area (Å²) in [4.78, 5) is 28.2. The number of likely N-dealkylation sites (N-methyl/N-ethyl adjacent to an activating group) is 1. The Labute approximate surface area is 124 Å². The van der Waals surface area contributed by atoms with E-state index >= 15 is 0 Å². The molecule has 1 saturated heterocycles. The van der Waals surface area contributed by atoms with E-state index in [9.17, 15) is 9.59 Å². The van der Waals surface area contributed by atoms with Crippen molar-refractivity contribution in [1.82, 2.24) is 15.1 Å². The molecule has 0 radical (unpaired) electrons. The Balaban J connectivity index is 1.82. The normalized spacial score (nSPS) is 20.5. The zero-order valence-electron chi connectivity index (χ0n) is 12.6. The lowest BCUT2D eigenvalue weighted by Crippen LogP contribution is -2.45. The van der Waals surface area contributed by atoms with Crippen LogP contribution in [0.3, 0.4) is 0 Å². The van der Waals surface area contributed by atoms with Gasteiger partial charge in [0.15, 0.2) is 0 Å². The first-order valence-electron chi connectivity index (χ1n) is 7.42. The van der Waals surface area contributed by atoms with E-state index < -0.39 is 0 Å². The zero-order chi connectivity index (χ0) is 15.0. The number of amides is 2. The molecule has 1 aromatic carbocycles. The zero-order valence-corrected chi connectivity index (χ0v) is 12.6. The van der Waals surface area contributed by atoms with Gasteiger partial charge >= 0.3 is 0 Å². The van der Waals surface area contributed by atoms with Gasteiger partial charge in [-0.1, -0.05) is 6.07 Å². The standard InChI is InChI=1S/C16H21N3O2/c1-18(2)16(21)14-4-3-7-19(14)15(20)11-5-6-12-9-17-10-13(12)8-11/h5-6,8,14,17H,3-4,7,9-10H2,1-2H3. The summed E-state index contributed by atoms with van der Waals surface area (Å²) in [6, 6.07) is 5.55. The molecular formula is C16H21N3O2. The molecule has 1 unspecified atom stereocenters. The van der Waals surface area contributed by atoms with Crippen molar-refractivity contribution in [3.63, 3.8) is 0 Å². The lowest BCUT2D eigenvalue weighted by molar-refractivity contribution is -0.132. The molecule has 5 heteroatoms. The smallest absolute Gasteiger partial charge is 0.254 e. The van der Waals surface area contributed by atoms with Gasteiger partial charge in [0.25, 0.3) is 5.91 Å². The Kier molecular flexibility index (Phi) is 3.68. The van der Waals surface area contributed by atoms with Gasteiger partial charge in [-0.05, 0) is 36.1 Å². The fraction of sp³-hybridized carbons (Fsp3) is 0.500. The summed E-state index contributed by atoms with van der Waals surface area (Å²) in [5, 5.41) is 3.28. The number of benzene rings is 1. The van der Waals surface area contributed by atoms with E-state index in [-0.39, 0.29) is 17.9 Å². The summed E-state index contributed by atoms with van der Waals surface area (Å²) in [6.45, 7) is 2.35. The molecule has 2 heterocycles. The van der Waals surface area contributed by atoms with E-state index in [1.165, 1.54) is 11.1 Å². The van der Waals surface area contributed by atoms with Crippen LogP contribution in [0.5, 0.6) is 0 Å². The van der Waals surface area contributed by atoms with Crippen molar-refractivity contribution in [3.8, 4) is 0 Å². The molecule has 2 amide bonds. The second-order valence-corrected chi connectivity index (χ2v) is 5.98. The molecule has 2 aliphatic rings. The minimum atomic E-state index is -0.307. The first kappa shape index (κ1) is 14.1. The molecule has 5 nitrogen and oxygen atoms in total. The van der Waals surface area contributed by atoms with Crippen LogP contribution in [0.25, 0.3) is 0 Å². The minimum absolute atomic E-state index is 0.0173. The van der Waals surface area contributed by atoms with Gasteiger partial charge in [-0.15, -0.1) is 0 Å². The van der Waals surface area contributed by atoms with Crippen molar-refractivity contribution in [3.05, 3.63) is 34.9 Å². The lowest BCUT2D eigenvalue weighted by atomic mass is 10.1. The van der Waals surface area contributed by atoms with E-state index in [0.29, 0.717) is 12.1 Å². The maximum absolute atomic E-state index is 12.7. The molecule has 21 heavy (non-hydrogen) atoms. The van der Waals surface area contributed by atoms with Crippen LogP contribution in [-0.2, 0) is 17.9 Å². The molecule has 0 aliphatic carbocycles. The van der Waals surface area contributed by atoms with Crippen LogP contribution in [0.2, 0.25) is 0 Å². The molecular weight excluding hydrogens is 266 g/mol. The SMILES string of the molecule is CN(C)C(=O)C1CCCN1C(=O)c1ccc2c(c1)CNC2. The molecule has 112 valence electrons. The Morgan fingerprint density at radius 1 is 1.24 bits per heavy atom. The number of carbonyl (C=O) groups is 2. The van der Waals surface area contributed by atoms with E-state index in [1.807, 2.05) is 18.2 Å². The van der Waals surface area contributed by atoms with E-state index in [4.69, 9.17) is 0 Å². The number of likely N-dealkylation sites (tertiary alicyclic amines) is 1. The summed E-state index contributed by atoms with van der Waals surface area (Å²) in [5.74, 6) is -0.00826. The molecule has 1 fully saturated rings. The van der Waals surface area contributed by atoms with Gasteiger partial charge in [0.1, 0.15) is 6.04 Å². The van der Waals surface area contributed by atoms with Gasteiger partial charge in [0.2, 0.25) is 5.91 Å². The monoisotopic (exact) mass is 287 g/mol. The fourth-order valence-corrected chi connectivity index (χ4v) is 3.16. The first-order chi connectivity index (χ1) is 10.1. The number of fused-ring (bicyclic) bond motifs is 1. The van der Waals surface area contributed by atoms with Crippen molar-refractivity contribution < 1.29 is 9.59 Å². The van der Waals surface area contributed by atoms with Crippen LogP contribution in [0, 0.1) is 0 Å². The van der Waals surface area contributed by atoms with Crippen LogP contribution in [0.15, 0.2) is 18.2 Å². The predicted octanol–water partition coefficient (Wildman–Crippen LogP) is 0.983. The van der Waals surface area contributed by atoms with Crippen LogP contribution >= 0.6 is 0 Å². The lowest BCUT2D eigenvalue weighted by Gasteiger charge is -2.26. The van der Waals surface area contributed by atoms with E-state index in [1.54, 1.807) is 23.9 Å². The van der Waals surface area contributed by atoms with Gasteiger partial charge in [0.05, 0.1) is 0 Å². The van der Waals surface area contributed by atoms with Crippen molar-refractivity contribution in [2.75, 3.05) is 20.6 Å². The van der Waals surface area contributed by atoms with Crippen molar-refractivity contribution >= 4 is 11.8 Å². The second kappa shape index (κ2) is 5.48. The molecule has 0 saturated carbocycles. The van der Waals surface area contributed by atoms with Crippen LogP contribution in [0.1, 0.15) is 34.3 Å². The van der Waals surface area contributed by atoms with Crippen LogP contribution in [-0.4, -0.2) is 48.3 Å². The third-order valence-corrected chi connectivity index (χ3v) is 4.32. The number of carbonyl (C=O) groups excluding carboxylic acids is 2. The molecule has 0 spiro atoms. The topological polar surface area (TPSA) is 52.7 Å². The number of hydrogen-bond donors (Lipinski definition) is 1. The molecule has 1 N–H and O–H groups in total. The van der Waals surface area contributed by atoms with E-state index in [2.05, 4.69) is 5.32 Å². The summed E-state index contributed by atoms with van der Waals surface area (Å²) in [6.07, 6.45) is 1.65. The highest BCUT2D eigenvalue weighted by Gasteiger charge is 2.35. The maximum Gasteiger partial charge on any atom is 0.254 e. The predicted molar refractivity (Wildman–Crippen MR) is 79.7 cm³/mol. The van der Waals surface area contributed by atoms with Gasteiger partial charge in [-0.25, -0.2) is 0 Å². The van der Waals surface area contributed by atoms with Crippen LogP contribution in [0.4, 0.5) is 0 Å². The van der Waals surface area contributed by atoms with Crippen molar-refractivity contribution in [1.29, 1.82) is 0 Å². The Morgan fingerprint density at radius 2 is 2.00 bits per heavy atom. The number of nitrogens with zero attached hydrogens (tertiary/aromatic N) is 2. The fourth-order valence-electron chi connectivity index (χ4n) is 3.16. The summed E-state index contributed by atoms with van der Waals surface area (Å²) in [7, 11) is 3.48. The molecule has 1 aromatic rings. The molecule has 2 aliphatic heterocycles. The third kappa shape index (κ3) is 2.53. The summed E-state index contributed by atoms with van der Waals surface area (Å²) < 4.78 is 0. The third-order valence-electron chi connectivity index (χ3n) is 4.32. The summed E-state index contributed by atoms with van der Waals surface area (Å²) >= 11 is 0. The highest BCUT2D eigenvalue weighted by molar-refractivity contribution is 5.98. The van der Waals surface area contributed by atoms with Gasteiger partial charge in [0, 0.05) is 39.3 Å². The van der Waals surface area contributed by atoms with Gasteiger partial charge in [-0.3, -0.25) is 9.59 Å². The Hall–Kier alpha value is -1.88. The Morgan fingerprint density at radius 3 is 2.76 bits per heavy atom.